The van der Waals surface area contributed by atoms with E-state index in [1.165, 1.54) is 18.2 Å². The van der Waals surface area contributed by atoms with Gasteiger partial charge in [-0.2, -0.15) is 0 Å². The number of para-hydroxylation sites is 1. The molecule has 5 atom stereocenters. The van der Waals surface area contributed by atoms with Crippen molar-refractivity contribution in [2.24, 2.45) is 0 Å². The van der Waals surface area contributed by atoms with Gasteiger partial charge in [-0.05, 0) is 12.1 Å². The highest BCUT2D eigenvalue weighted by Gasteiger charge is 2.46. The first-order valence-electron chi connectivity index (χ1n) is 7.14. The van der Waals surface area contributed by atoms with E-state index in [1.807, 2.05) is 0 Å². The molecule has 1 aromatic carbocycles. The molecular weight excluding hydrogens is 324 g/mol. The van der Waals surface area contributed by atoms with Crippen molar-refractivity contribution in [2.75, 3.05) is 6.61 Å². The van der Waals surface area contributed by atoms with Crippen LogP contribution in [0.3, 0.4) is 0 Å². The quantitative estimate of drug-likeness (QED) is 0.382. The third-order valence-electron chi connectivity index (χ3n) is 3.44. The largest absolute Gasteiger partial charge is 0.453 e. The Kier molecular flexibility index (Phi) is 5.86. The molecule has 1 aliphatic rings. The van der Waals surface area contributed by atoms with Gasteiger partial charge in [-0.3, -0.25) is 4.79 Å². The molecule has 1 fully saturated rings. The summed E-state index contributed by atoms with van der Waals surface area (Å²) in [7, 11) is 0. The molecule has 0 spiro atoms. The maximum absolute atomic E-state index is 12.3. The van der Waals surface area contributed by atoms with E-state index in [0.717, 1.165) is 6.92 Å². The number of hydrogen-bond acceptors (Lipinski definition) is 9. The van der Waals surface area contributed by atoms with Gasteiger partial charge in [0.05, 0.1) is 6.61 Å². The second kappa shape index (κ2) is 7.69. The molecule has 9 nitrogen and oxygen atoms in total. The lowest BCUT2D eigenvalue weighted by atomic mass is 9.99. The van der Waals surface area contributed by atoms with E-state index in [0.29, 0.717) is 0 Å². The molecular formula is C15H18O9. The zero-order valence-electron chi connectivity index (χ0n) is 12.7. The first-order valence-corrected chi connectivity index (χ1v) is 7.14. The van der Waals surface area contributed by atoms with Crippen LogP contribution < -0.4 is 4.74 Å². The molecule has 0 aromatic heterocycles. The van der Waals surface area contributed by atoms with Crippen LogP contribution in [0, 0.1) is 0 Å². The van der Waals surface area contributed by atoms with Gasteiger partial charge >= 0.3 is 11.9 Å². The molecule has 1 aliphatic heterocycles. The predicted molar refractivity (Wildman–Crippen MR) is 76.9 cm³/mol. The Morgan fingerprint density at radius 1 is 1.17 bits per heavy atom. The number of carbonyl (C=O) groups excluding carboxylic acids is 2. The zero-order chi connectivity index (χ0) is 17.9. The number of ether oxygens (including phenoxy) is 3. The van der Waals surface area contributed by atoms with E-state index in [9.17, 15) is 24.9 Å². The van der Waals surface area contributed by atoms with Gasteiger partial charge in [-0.25, -0.2) is 4.79 Å². The molecule has 0 radical (unpaired) electrons. The molecule has 1 saturated heterocycles. The van der Waals surface area contributed by atoms with Crippen LogP contribution in [0.15, 0.2) is 24.3 Å². The number of rotatable bonds is 4. The Balaban J connectivity index is 2.20. The maximum Gasteiger partial charge on any atom is 0.342 e. The van der Waals surface area contributed by atoms with Crippen molar-refractivity contribution in [3.63, 3.8) is 0 Å². The Morgan fingerprint density at radius 3 is 2.46 bits per heavy atom. The second-order valence-corrected chi connectivity index (χ2v) is 5.19. The van der Waals surface area contributed by atoms with E-state index in [-0.39, 0.29) is 11.3 Å². The van der Waals surface area contributed by atoms with Crippen LogP contribution in [0.1, 0.15) is 17.3 Å². The van der Waals surface area contributed by atoms with Crippen LogP contribution in [-0.4, -0.2) is 69.7 Å². The number of hydrogen-bond donors (Lipinski definition) is 4. The van der Waals surface area contributed by atoms with Gasteiger partial charge in [-0.15, -0.1) is 0 Å². The van der Waals surface area contributed by atoms with Crippen molar-refractivity contribution in [1.29, 1.82) is 0 Å². The Hall–Kier alpha value is -2.04. The standard InChI is InChI=1S/C15H18O9/c1-7(17)22-9-5-3-2-4-8(9)14(20)24-13-11(18)10(6-16)23-15(21)12(13)19/h2-5,10-13,15-16,18-19,21H,6H2,1H3/t10-,11-,12-,13+,15+/m1/s1. The Morgan fingerprint density at radius 2 is 1.83 bits per heavy atom. The van der Waals surface area contributed by atoms with Crippen LogP contribution >= 0.6 is 0 Å². The minimum Gasteiger partial charge on any atom is -0.453 e. The van der Waals surface area contributed by atoms with Crippen molar-refractivity contribution in [2.45, 2.75) is 37.6 Å². The number of carbonyl (C=O) groups is 2. The van der Waals surface area contributed by atoms with E-state index < -0.39 is 49.3 Å². The molecule has 132 valence electrons. The van der Waals surface area contributed by atoms with Crippen LogP contribution in [0.4, 0.5) is 0 Å². The lowest BCUT2D eigenvalue weighted by Crippen LogP contribution is -2.59. The zero-order valence-corrected chi connectivity index (χ0v) is 12.7. The highest BCUT2D eigenvalue weighted by molar-refractivity contribution is 5.93. The smallest absolute Gasteiger partial charge is 0.342 e. The molecule has 0 saturated carbocycles. The van der Waals surface area contributed by atoms with Gasteiger partial charge in [0.15, 0.2) is 12.4 Å². The fraction of sp³-hybridized carbons (Fsp3) is 0.467. The van der Waals surface area contributed by atoms with Crippen molar-refractivity contribution < 1.29 is 44.2 Å². The minimum absolute atomic E-state index is 0.0507. The Bertz CT molecular complexity index is 602. The molecule has 0 aliphatic carbocycles. The molecule has 1 heterocycles. The fourth-order valence-corrected chi connectivity index (χ4v) is 2.27. The van der Waals surface area contributed by atoms with Gasteiger partial charge in [-0.1, -0.05) is 12.1 Å². The summed E-state index contributed by atoms with van der Waals surface area (Å²) < 4.78 is 14.7. The normalized spacial score (nSPS) is 29.8. The van der Waals surface area contributed by atoms with Gasteiger partial charge in [0.2, 0.25) is 0 Å². The molecule has 9 heteroatoms. The molecule has 24 heavy (non-hydrogen) atoms. The first-order chi connectivity index (χ1) is 11.3. The Labute approximate surface area is 137 Å². The lowest BCUT2D eigenvalue weighted by Gasteiger charge is -2.39. The van der Waals surface area contributed by atoms with E-state index in [1.54, 1.807) is 6.07 Å². The van der Waals surface area contributed by atoms with Gasteiger partial charge < -0.3 is 34.6 Å². The lowest BCUT2D eigenvalue weighted by molar-refractivity contribution is -0.285. The van der Waals surface area contributed by atoms with E-state index in [4.69, 9.17) is 19.3 Å². The topological polar surface area (TPSA) is 143 Å². The summed E-state index contributed by atoms with van der Waals surface area (Å²) in [6, 6.07) is 5.75. The summed E-state index contributed by atoms with van der Waals surface area (Å²) in [5, 5.41) is 38.5. The summed E-state index contributed by atoms with van der Waals surface area (Å²) in [5.41, 5.74) is -0.103. The molecule has 0 bridgehead atoms. The summed E-state index contributed by atoms with van der Waals surface area (Å²) in [6.45, 7) is 0.513. The van der Waals surface area contributed by atoms with Crippen LogP contribution in [-0.2, 0) is 14.3 Å². The van der Waals surface area contributed by atoms with E-state index >= 15 is 0 Å². The molecule has 0 amide bonds. The van der Waals surface area contributed by atoms with Crippen molar-refractivity contribution >= 4 is 11.9 Å². The summed E-state index contributed by atoms with van der Waals surface area (Å²) >= 11 is 0. The predicted octanol–water partition coefficient (Wildman–Crippen LogP) is -1.43. The van der Waals surface area contributed by atoms with Crippen LogP contribution in [0.5, 0.6) is 5.75 Å². The highest BCUT2D eigenvalue weighted by Crippen LogP contribution is 2.25. The highest BCUT2D eigenvalue weighted by atomic mass is 16.7. The average Bonchev–Trinajstić information content (AvgIpc) is 2.54. The SMILES string of the molecule is CC(=O)Oc1ccccc1C(=O)O[C@@H]1[C@@H](O)[C@@H](O)O[C@H](CO)[C@H]1O. The van der Waals surface area contributed by atoms with Crippen molar-refractivity contribution in [3.05, 3.63) is 29.8 Å². The monoisotopic (exact) mass is 342 g/mol. The second-order valence-electron chi connectivity index (χ2n) is 5.19. The molecule has 2 rings (SSSR count). The van der Waals surface area contributed by atoms with Crippen molar-refractivity contribution in [3.8, 4) is 5.75 Å². The fourth-order valence-electron chi connectivity index (χ4n) is 2.27. The third-order valence-corrected chi connectivity index (χ3v) is 3.44. The number of benzene rings is 1. The summed E-state index contributed by atoms with van der Waals surface area (Å²) in [4.78, 5) is 23.4. The van der Waals surface area contributed by atoms with E-state index in [2.05, 4.69) is 0 Å². The molecule has 1 aromatic rings. The van der Waals surface area contributed by atoms with Crippen LogP contribution in [0.25, 0.3) is 0 Å². The molecule has 4 N–H and O–H groups in total. The van der Waals surface area contributed by atoms with Gasteiger partial charge in [0, 0.05) is 6.92 Å². The van der Waals surface area contributed by atoms with Gasteiger partial charge in [0.1, 0.15) is 29.6 Å². The summed E-state index contributed by atoms with van der Waals surface area (Å²) in [5.74, 6) is -1.68. The minimum atomic E-state index is -1.74. The average molecular weight is 342 g/mol. The number of aliphatic hydroxyl groups excluding tert-OH is 4. The van der Waals surface area contributed by atoms with Gasteiger partial charge in [0.25, 0.3) is 0 Å². The summed E-state index contributed by atoms with van der Waals surface area (Å²) in [6.07, 6.45) is -7.79. The van der Waals surface area contributed by atoms with Crippen LogP contribution in [0.2, 0.25) is 0 Å². The molecule has 0 unspecified atom stereocenters. The number of aliphatic hydroxyl groups is 4. The maximum atomic E-state index is 12.3. The number of esters is 2. The third kappa shape index (κ3) is 3.89. The van der Waals surface area contributed by atoms with Crippen molar-refractivity contribution in [1.82, 2.24) is 0 Å². The first kappa shape index (κ1) is 18.3.